The normalized spacial score (nSPS) is 11.4. The highest BCUT2D eigenvalue weighted by Crippen LogP contribution is 2.26. The lowest BCUT2D eigenvalue weighted by molar-refractivity contribution is 0.604. The maximum absolute atomic E-state index is 13.0. The molecule has 1 heterocycles. The van der Waals surface area contributed by atoms with Crippen molar-refractivity contribution in [2.45, 2.75) is 13.8 Å². The van der Waals surface area contributed by atoms with Crippen LogP contribution in [0, 0.1) is 6.92 Å². The van der Waals surface area contributed by atoms with Crippen LogP contribution in [0.1, 0.15) is 18.1 Å². The predicted octanol–water partition coefficient (Wildman–Crippen LogP) is 5.45. The largest absolute Gasteiger partial charge is 0.463 e. The van der Waals surface area contributed by atoms with E-state index in [-0.39, 0.29) is 5.43 Å². The van der Waals surface area contributed by atoms with Crippen LogP contribution in [0.4, 0.5) is 0 Å². The van der Waals surface area contributed by atoms with Crippen LogP contribution in [0.15, 0.2) is 57.9 Å². The molecule has 0 atom stereocenters. The van der Waals surface area contributed by atoms with Crippen LogP contribution in [0.5, 0.6) is 0 Å². The highest BCUT2D eigenvalue weighted by atomic mass is 35.5. The Morgan fingerprint density at radius 3 is 2.73 bits per heavy atom. The maximum Gasteiger partial charge on any atom is 0.201 e. The van der Waals surface area contributed by atoms with Crippen molar-refractivity contribution in [3.63, 3.8) is 0 Å². The summed E-state index contributed by atoms with van der Waals surface area (Å²) < 4.78 is 5.68. The van der Waals surface area contributed by atoms with Gasteiger partial charge in [0.25, 0.3) is 0 Å². The van der Waals surface area contributed by atoms with E-state index in [0.29, 0.717) is 21.6 Å². The van der Waals surface area contributed by atoms with Crippen LogP contribution in [0.25, 0.3) is 28.2 Å². The van der Waals surface area contributed by atoms with E-state index in [4.69, 9.17) is 16.0 Å². The van der Waals surface area contributed by atoms with Crippen molar-refractivity contribution in [1.82, 2.24) is 0 Å². The standard InChI is InChI=1S/C19H15ClO2/c1-3-5-15-12(2)8-9-17-18(15)19(21)16(11-22-17)13-6-4-7-14(20)10-13/h3-11H,1-2H3/b5-3-. The Bertz CT molecular complexity index is 936. The van der Waals surface area contributed by atoms with E-state index in [9.17, 15) is 4.79 Å². The molecule has 0 fully saturated rings. The van der Waals surface area contributed by atoms with Gasteiger partial charge in [-0.3, -0.25) is 4.79 Å². The van der Waals surface area contributed by atoms with Gasteiger partial charge < -0.3 is 4.42 Å². The van der Waals surface area contributed by atoms with Gasteiger partial charge in [0.15, 0.2) is 0 Å². The van der Waals surface area contributed by atoms with Crippen molar-refractivity contribution in [2.24, 2.45) is 0 Å². The summed E-state index contributed by atoms with van der Waals surface area (Å²) in [6.07, 6.45) is 5.37. The van der Waals surface area contributed by atoms with Crippen molar-refractivity contribution >= 4 is 28.6 Å². The molecule has 0 unspecified atom stereocenters. The molecule has 3 heteroatoms. The van der Waals surface area contributed by atoms with Crippen LogP contribution in [0.3, 0.4) is 0 Å². The number of rotatable bonds is 2. The van der Waals surface area contributed by atoms with E-state index in [1.165, 1.54) is 6.26 Å². The minimum atomic E-state index is -0.0414. The average Bonchev–Trinajstić information content (AvgIpc) is 2.50. The molecule has 0 saturated heterocycles. The molecule has 0 saturated carbocycles. The maximum atomic E-state index is 13.0. The summed E-state index contributed by atoms with van der Waals surface area (Å²) in [6, 6.07) is 11.0. The average molecular weight is 311 g/mol. The molecule has 3 aromatic rings. The van der Waals surface area contributed by atoms with Gasteiger partial charge in [-0.05, 0) is 48.7 Å². The topological polar surface area (TPSA) is 30.2 Å². The SMILES string of the molecule is C/C=C\c1c(C)ccc2occ(-c3cccc(Cl)c3)c(=O)c12. The fraction of sp³-hybridized carbons (Fsp3) is 0.105. The van der Waals surface area contributed by atoms with Crippen molar-refractivity contribution in [1.29, 1.82) is 0 Å². The summed E-state index contributed by atoms with van der Waals surface area (Å²) in [4.78, 5) is 13.0. The number of hydrogen-bond acceptors (Lipinski definition) is 2. The van der Waals surface area contributed by atoms with Gasteiger partial charge in [0.05, 0.1) is 10.9 Å². The van der Waals surface area contributed by atoms with Gasteiger partial charge in [0.1, 0.15) is 11.8 Å². The lowest BCUT2D eigenvalue weighted by Gasteiger charge is -2.08. The van der Waals surface area contributed by atoms with E-state index in [0.717, 1.165) is 16.7 Å². The van der Waals surface area contributed by atoms with Crippen molar-refractivity contribution < 1.29 is 4.42 Å². The molecule has 0 amide bonds. The molecule has 2 aromatic carbocycles. The Kier molecular flexibility index (Phi) is 3.86. The van der Waals surface area contributed by atoms with E-state index >= 15 is 0 Å². The smallest absolute Gasteiger partial charge is 0.201 e. The number of aryl methyl sites for hydroxylation is 1. The first kappa shape index (κ1) is 14.6. The fourth-order valence-corrected chi connectivity index (χ4v) is 2.77. The van der Waals surface area contributed by atoms with E-state index < -0.39 is 0 Å². The lowest BCUT2D eigenvalue weighted by Crippen LogP contribution is -2.07. The van der Waals surface area contributed by atoms with Gasteiger partial charge in [-0.25, -0.2) is 0 Å². The van der Waals surface area contributed by atoms with Gasteiger partial charge in [-0.1, -0.05) is 42.0 Å². The number of benzene rings is 2. The zero-order valence-corrected chi connectivity index (χ0v) is 13.1. The lowest BCUT2D eigenvalue weighted by atomic mass is 9.99. The van der Waals surface area contributed by atoms with Crippen LogP contribution in [-0.2, 0) is 0 Å². The summed E-state index contributed by atoms with van der Waals surface area (Å²) in [7, 11) is 0. The van der Waals surface area contributed by atoms with Crippen LogP contribution < -0.4 is 5.43 Å². The second-order valence-corrected chi connectivity index (χ2v) is 5.59. The molecule has 2 nitrogen and oxygen atoms in total. The van der Waals surface area contributed by atoms with Crippen LogP contribution in [-0.4, -0.2) is 0 Å². The molecule has 1 aromatic heterocycles. The Balaban J connectivity index is 2.38. The van der Waals surface area contributed by atoms with E-state index in [1.54, 1.807) is 12.1 Å². The van der Waals surface area contributed by atoms with E-state index in [1.807, 2.05) is 50.3 Å². The van der Waals surface area contributed by atoms with Gasteiger partial charge in [0.2, 0.25) is 5.43 Å². The first-order chi connectivity index (χ1) is 10.6. The van der Waals surface area contributed by atoms with Crippen LogP contribution >= 0.6 is 11.6 Å². The summed E-state index contributed by atoms with van der Waals surface area (Å²) in [6.45, 7) is 3.92. The molecule has 0 aliphatic rings. The molecule has 0 radical (unpaired) electrons. The molecule has 0 bridgehead atoms. The molecular weight excluding hydrogens is 296 g/mol. The second kappa shape index (κ2) is 5.82. The number of allylic oxidation sites excluding steroid dienone is 1. The third-order valence-corrected chi connectivity index (χ3v) is 3.90. The Hall–Kier alpha value is -2.32. The fourth-order valence-electron chi connectivity index (χ4n) is 2.58. The summed E-state index contributed by atoms with van der Waals surface area (Å²) >= 11 is 6.03. The molecular formula is C19H15ClO2. The second-order valence-electron chi connectivity index (χ2n) is 5.16. The number of fused-ring (bicyclic) bond motifs is 1. The molecule has 0 aliphatic carbocycles. The molecule has 22 heavy (non-hydrogen) atoms. The highest BCUT2D eigenvalue weighted by molar-refractivity contribution is 6.30. The molecule has 3 rings (SSSR count). The Morgan fingerprint density at radius 1 is 1.18 bits per heavy atom. The van der Waals surface area contributed by atoms with Crippen molar-refractivity contribution in [2.75, 3.05) is 0 Å². The number of halogens is 1. The summed E-state index contributed by atoms with van der Waals surface area (Å²) in [5.41, 5.74) is 3.77. The summed E-state index contributed by atoms with van der Waals surface area (Å²) in [5, 5.41) is 1.20. The monoisotopic (exact) mass is 310 g/mol. The van der Waals surface area contributed by atoms with Crippen molar-refractivity contribution in [3.05, 3.63) is 75.1 Å². The van der Waals surface area contributed by atoms with E-state index in [2.05, 4.69) is 0 Å². The van der Waals surface area contributed by atoms with Gasteiger partial charge >= 0.3 is 0 Å². The zero-order chi connectivity index (χ0) is 15.7. The third kappa shape index (κ3) is 2.46. The molecule has 0 aliphatic heterocycles. The first-order valence-corrected chi connectivity index (χ1v) is 7.43. The molecule has 0 N–H and O–H groups in total. The molecule has 0 spiro atoms. The Morgan fingerprint density at radius 2 is 2.00 bits per heavy atom. The van der Waals surface area contributed by atoms with Crippen LogP contribution in [0.2, 0.25) is 5.02 Å². The number of hydrogen-bond donors (Lipinski definition) is 0. The Labute approximate surface area is 133 Å². The minimum absolute atomic E-state index is 0.0414. The quantitative estimate of drug-likeness (QED) is 0.629. The van der Waals surface area contributed by atoms with Gasteiger partial charge in [0, 0.05) is 5.02 Å². The minimum Gasteiger partial charge on any atom is -0.463 e. The summed E-state index contributed by atoms with van der Waals surface area (Å²) in [5.74, 6) is 0. The highest BCUT2D eigenvalue weighted by Gasteiger charge is 2.13. The predicted molar refractivity (Wildman–Crippen MR) is 92.4 cm³/mol. The zero-order valence-electron chi connectivity index (χ0n) is 12.4. The van der Waals surface area contributed by atoms with Crippen molar-refractivity contribution in [3.8, 4) is 11.1 Å². The van der Waals surface area contributed by atoms with Gasteiger partial charge in [-0.15, -0.1) is 0 Å². The first-order valence-electron chi connectivity index (χ1n) is 7.05. The van der Waals surface area contributed by atoms with Gasteiger partial charge in [-0.2, -0.15) is 0 Å². The third-order valence-electron chi connectivity index (χ3n) is 3.67. The molecule has 110 valence electrons.